The Morgan fingerprint density at radius 3 is 2.60 bits per heavy atom. The molecule has 2 heteroatoms. The fourth-order valence-corrected chi connectivity index (χ4v) is 1.41. The molecule has 1 fully saturated rings. The van der Waals surface area contributed by atoms with Gasteiger partial charge < -0.3 is 9.80 Å². The topological polar surface area (TPSA) is 6.48 Å². The molecule has 0 aromatic heterocycles. The monoisotopic (exact) mass is 142 g/mol. The molecule has 1 atom stereocenters. The van der Waals surface area contributed by atoms with Crippen LogP contribution in [-0.4, -0.2) is 49.1 Å². The lowest BCUT2D eigenvalue weighted by Gasteiger charge is -2.37. The molecule has 0 radical (unpaired) electrons. The largest absolute Gasteiger partial charge is 0.301 e. The molecule has 0 aromatic rings. The molecule has 0 spiro atoms. The molecule has 0 aliphatic carbocycles. The quantitative estimate of drug-likeness (QED) is 0.530. The van der Waals surface area contributed by atoms with E-state index in [9.17, 15) is 0 Å². The summed E-state index contributed by atoms with van der Waals surface area (Å²) in [6, 6.07) is 0.744. The maximum atomic E-state index is 2.50. The van der Waals surface area contributed by atoms with Crippen LogP contribution in [0, 0.1) is 0 Å². The number of rotatable bonds is 1. The lowest BCUT2D eigenvalue weighted by Crippen LogP contribution is -2.49. The van der Waals surface area contributed by atoms with Gasteiger partial charge in [-0.1, -0.05) is 6.92 Å². The van der Waals surface area contributed by atoms with Crippen LogP contribution in [0.1, 0.15) is 13.8 Å². The van der Waals surface area contributed by atoms with Gasteiger partial charge in [-0.05, 0) is 20.5 Å². The zero-order valence-electron chi connectivity index (χ0n) is 7.30. The average Bonchev–Trinajstić information content (AvgIpc) is 1.95. The summed E-state index contributed by atoms with van der Waals surface area (Å²) in [6.07, 6.45) is 0. The minimum atomic E-state index is 0.744. The van der Waals surface area contributed by atoms with E-state index in [1.54, 1.807) is 0 Å². The van der Waals surface area contributed by atoms with Gasteiger partial charge in [-0.3, -0.25) is 0 Å². The van der Waals surface area contributed by atoms with Gasteiger partial charge in [0.1, 0.15) is 0 Å². The van der Waals surface area contributed by atoms with Crippen LogP contribution in [-0.2, 0) is 0 Å². The normalized spacial score (nSPS) is 30.9. The van der Waals surface area contributed by atoms with Crippen molar-refractivity contribution in [2.45, 2.75) is 19.9 Å². The van der Waals surface area contributed by atoms with Crippen molar-refractivity contribution in [3.05, 3.63) is 0 Å². The molecular weight excluding hydrogens is 124 g/mol. The van der Waals surface area contributed by atoms with Crippen LogP contribution in [0.5, 0.6) is 0 Å². The fraction of sp³-hybridized carbons (Fsp3) is 1.00. The highest BCUT2D eigenvalue weighted by Crippen LogP contribution is 2.05. The van der Waals surface area contributed by atoms with E-state index in [1.165, 1.54) is 26.2 Å². The first kappa shape index (κ1) is 8.02. The summed E-state index contributed by atoms with van der Waals surface area (Å²) < 4.78 is 0. The molecule has 1 saturated heterocycles. The van der Waals surface area contributed by atoms with Gasteiger partial charge in [-0.15, -0.1) is 0 Å². The summed E-state index contributed by atoms with van der Waals surface area (Å²) in [6.45, 7) is 9.46. The highest BCUT2D eigenvalue weighted by Gasteiger charge is 2.18. The maximum absolute atomic E-state index is 2.50. The number of piperazine rings is 1. The molecule has 1 heterocycles. The van der Waals surface area contributed by atoms with Gasteiger partial charge in [0.25, 0.3) is 0 Å². The van der Waals surface area contributed by atoms with E-state index in [1.807, 2.05) is 0 Å². The van der Waals surface area contributed by atoms with Gasteiger partial charge in [-0.25, -0.2) is 0 Å². The van der Waals surface area contributed by atoms with Crippen molar-refractivity contribution < 1.29 is 0 Å². The zero-order valence-corrected chi connectivity index (χ0v) is 7.30. The van der Waals surface area contributed by atoms with Crippen molar-refractivity contribution in [3.8, 4) is 0 Å². The third-order valence-electron chi connectivity index (χ3n) is 2.49. The summed E-state index contributed by atoms with van der Waals surface area (Å²) in [4.78, 5) is 4.93. The van der Waals surface area contributed by atoms with Gasteiger partial charge in [0.2, 0.25) is 0 Å². The predicted octanol–water partition coefficient (Wildman–Crippen LogP) is 0.642. The van der Waals surface area contributed by atoms with Gasteiger partial charge >= 0.3 is 0 Å². The van der Waals surface area contributed by atoms with Crippen molar-refractivity contribution in [2.24, 2.45) is 0 Å². The van der Waals surface area contributed by atoms with Crippen molar-refractivity contribution in [1.82, 2.24) is 9.80 Å². The number of nitrogens with zero attached hydrogens (tertiary/aromatic N) is 2. The van der Waals surface area contributed by atoms with Gasteiger partial charge in [-0.2, -0.15) is 0 Å². The summed E-state index contributed by atoms with van der Waals surface area (Å²) in [5, 5.41) is 0. The lowest BCUT2D eigenvalue weighted by molar-refractivity contribution is 0.110. The zero-order chi connectivity index (χ0) is 7.56. The van der Waals surface area contributed by atoms with Gasteiger partial charge in [0.05, 0.1) is 0 Å². The van der Waals surface area contributed by atoms with E-state index in [2.05, 4.69) is 30.7 Å². The van der Waals surface area contributed by atoms with Crippen molar-refractivity contribution in [2.75, 3.05) is 33.2 Å². The molecule has 10 heavy (non-hydrogen) atoms. The van der Waals surface area contributed by atoms with Crippen LogP contribution >= 0.6 is 0 Å². The molecule has 0 unspecified atom stereocenters. The summed E-state index contributed by atoms with van der Waals surface area (Å²) >= 11 is 0. The molecular formula is C8H18N2. The van der Waals surface area contributed by atoms with Crippen molar-refractivity contribution in [3.63, 3.8) is 0 Å². The molecule has 0 aromatic carbocycles. The number of hydrogen-bond donors (Lipinski definition) is 0. The summed E-state index contributed by atoms with van der Waals surface area (Å²) in [5.74, 6) is 0. The first-order chi connectivity index (χ1) is 4.74. The Kier molecular flexibility index (Phi) is 2.69. The van der Waals surface area contributed by atoms with Crippen molar-refractivity contribution in [1.29, 1.82) is 0 Å². The van der Waals surface area contributed by atoms with Crippen LogP contribution in [0.4, 0.5) is 0 Å². The van der Waals surface area contributed by atoms with Crippen LogP contribution in [0.3, 0.4) is 0 Å². The Balaban J connectivity index is 2.33. The van der Waals surface area contributed by atoms with Crippen LogP contribution in [0.15, 0.2) is 0 Å². The predicted molar refractivity (Wildman–Crippen MR) is 44.2 cm³/mol. The highest BCUT2D eigenvalue weighted by atomic mass is 15.3. The summed E-state index contributed by atoms with van der Waals surface area (Å²) in [5.41, 5.74) is 0. The number of hydrogen-bond acceptors (Lipinski definition) is 2. The second kappa shape index (κ2) is 3.35. The maximum Gasteiger partial charge on any atom is 0.0192 e. The van der Waals surface area contributed by atoms with Crippen molar-refractivity contribution >= 4 is 0 Å². The highest BCUT2D eigenvalue weighted by molar-refractivity contribution is 4.75. The van der Waals surface area contributed by atoms with E-state index in [-0.39, 0.29) is 0 Å². The fourth-order valence-electron chi connectivity index (χ4n) is 1.41. The molecule has 60 valence electrons. The van der Waals surface area contributed by atoms with E-state index >= 15 is 0 Å². The standard InChI is InChI=1S/C8H18N2/c1-4-10-6-5-9(3)8(2)7-10/h8H,4-7H2,1-3H3/t8-/m1/s1. The van der Waals surface area contributed by atoms with E-state index in [4.69, 9.17) is 0 Å². The second-order valence-corrected chi connectivity index (χ2v) is 3.22. The SMILES string of the molecule is CCN1CCN(C)[C@H](C)C1. The molecule has 2 nitrogen and oxygen atoms in total. The Morgan fingerprint density at radius 2 is 2.10 bits per heavy atom. The number of likely N-dealkylation sites (N-methyl/N-ethyl adjacent to an activating group) is 2. The van der Waals surface area contributed by atoms with E-state index in [0.29, 0.717) is 0 Å². The second-order valence-electron chi connectivity index (χ2n) is 3.22. The van der Waals surface area contributed by atoms with Crippen LogP contribution in [0.25, 0.3) is 0 Å². The Labute approximate surface area is 63.8 Å². The third kappa shape index (κ3) is 1.70. The Bertz CT molecular complexity index is 103. The Hall–Kier alpha value is -0.0800. The first-order valence-corrected chi connectivity index (χ1v) is 4.16. The minimum Gasteiger partial charge on any atom is -0.301 e. The van der Waals surface area contributed by atoms with E-state index in [0.717, 1.165) is 6.04 Å². The molecule has 0 saturated carbocycles. The van der Waals surface area contributed by atoms with Crippen LogP contribution < -0.4 is 0 Å². The molecule has 1 rings (SSSR count). The third-order valence-corrected chi connectivity index (χ3v) is 2.49. The molecule has 1 aliphatic rings. The molecule has 1 aliphatic heterocycles. The van der Waals surface area contributed by atoms with E-state index < -0.39 is 0 Å². The summed E-state index contributed by atoms with van der Waals surface area (Å²) in [7, 11) is 2.21. The molecule has 0 N–H and O–H groups in total. The van der Waals surface area contributed by atoms with Gasteiger partial charge in [0, 0.05) is 25.7 Å². The molecule has 0 bridgehead atoms. The first-order valence-electron chi connectivity index (χ1n) is 4.16. The van der Waals surface area contributed by atoms with Gasteiger partial charge in [0.15, 0.2) is 0 Å². The average molecular weight is 142 g/mol. The molecule has 0 amide bonds. The Morgan fingerprint density at radius 1 is 1.40 bits per heavy atom. The lowest BCUT2D eigenvalue weighted by atomic mass is 10.2. The smallest absolute Gasteiger partial charge is 0.0192 e. The minimum absolute atomic E-state index is 0.744. The van der Waals surface area contributed by atoms with Crippen LogP contribution in [0.2, 0.25) is 0 Å².